The second-order valence-electron chi connectivity index (χ2n) is 4.45. The van der Waals surface area contributed by atoms with Crippen LogP contribution in [-0.2, 0) is 15.8 Å². The average Bonchev–Trinajstić information content (AvgIpc) is 2.41. The molecule has 1 aromatic rings. The molecule has 1 aliphatic rings. The maximum absolute atomic E-state index is 12.4. The number of piperazine rings is 1. The number of hydrogen-bond acceptors (Lipinski definition) is 4. The standard InChI is InChI=1S/C12H10F3N3O3/c1-6-10(20)17-9(19)5-18(6)11(21)8-3-2-7(4-16-8)12(13,14)15/h2-4,6H,5H2,1H3,(H,17,19,20). The number of hydrogen-bond donors (Lipinski definition) is 1. The summed E-state index contributed by atoms with van der Waals surface area (Å²) in [5, 5.41) is 2.05. The quantitative estimate of drug-likeness (QED) is 0.770. The van der Waals surface area contributed by atoms with Crippen molar-refractivity contribution in [2.75, 3.05) is 6.54 Å². The minimum Gasteiger partial charge on any atom is -0.316 e. The van der Waals surface area contributed by atoms with E-state index >= 15 is 0 Å². The minimum absolute atomic E-state index is 0.266. The van der Waals surface area contributed by atoms with Gasteiger partial charge in [0.05, 0.1) is 5.56 Å². The van der Waals surface area contributed by atoms with Crippen LogP contribution in [0.4, 0.5) is 13.2 Å². The summed E-state index contributed by atoms with van der Waals surface area (Å²) in [7, 11) is 0. The van der Waals surface area contributed by atoms with Crippen molar-refractivity contribution in [3.05, 3.63) is 29.6 Å². The van der Waals surface area contributed by atoms with E-state index in [9.17, 15) is 27.6 Å². The van der Waals surface area contributed by atoms with Gasteiger partial charge in [0, 0.05) is 6.20 Å². The third kappa shape index (κ3) is 3.01. The highest BCUT2D eigenvalue weighted by molar-refractivity contribution is 6.06. The first kappa shape index (κ1) is 14.9. The van der Waals surface area contributed by atoms with Crippen LogP contribution in [0, 0.1) is 0 Å². The Balaban J connectivity index is 2.23. The molecule has 1 atom stereocenters. The van der Waals surface area contributed by atoms with Crippen LogP contribution >= 0.6 is 0 Å². The van der Waals surface area contributed by atoms with E-state index in [1.807, 2.05) is 0 Å². The van der Waals surface area contributed by atoms with Crippen molar-refractivity contribution in [1.82, 2.24) is 15.2 Å². The first-order valence-electron chi connectivity index (χ1n) is 5.88. The highest BCUT2D eigenvalue weighted by atomic mass is 19.4. The van der Waals surface area contributed by atoms with Crippen molar-refractivity contribution >= 4 is 17.7 Å². The van der Waals surface area contributed by atoms with Gasteiger partial charge in [-0.2, -0.15) is 13.2 Å². The molecule has 3 amide bonds. The second kappa shape index (κ2) is 5.15. The predicted octanol–water partition coefficient (Wildman–Crippen LogP) is 0.587. The van der Waals surface area contributed by atoms with Gasteiger partial charge >= 0.3 is 6.18 Å². The average molecular weight is 301 g/mol. The Kier molecular flexibility index (Phi) is 3.67. The van der Waals surface area contributed by atoms with Crippen LogP contribution in [0.25, 0.3) is 0 Å². The normalized spacial score (nSPS) is 19.4. The largest absolute Gasteiger partial charge is 0.417 e. The SMILES string of the molecule is CC1C(=O)NC(=O)CN1C(=O)c1ccc(C(F)(F)F)cn1. The lowest BCUT2D eigenvalue weighted by molar-refractivity contribution is -0.138. The maximum atomic E-state index is 12.4. The third-order valence-electron chi connectivity index (χ3n) is 2.99. The summed E-state index contributed by atoms with van der Waals surface area (Å²) in [5.74, 6) is -2.08. The molecule has 2 heterocycles. The van der Waals surface area contributed by atoms with Crippen LogP contribution in [0.15, 0.2) is 18.3 Å². The van der Waals surface area contributed by atoms with Crippen LogP contribution in [0.5, 0.6) is 0 Å². The highest BCUT2D eigenvalue weighted by Gasteiger charge is 2.35. The fraction of sp³-hybridized carbons (Fsp3) is 0.333. The van der Waals surface area contributed by atoms with Gasteiger partial charge in [0.2, 0.25) is 11.8 Å². The number of rotatable bonds is 1. The number of aromatic nitrogens is 1. The Morgan fingerprint density at radius 2 is 2.05 bits per heavy atom. The number of alkyl halides is 3. The molecule has 1 N–H and O–H groups in total. The second-order valence-corrected chi connectivity index (χ2v) is 4.45. The van der Waals surface area contributed by atoms with Crippen molar-refractivity contribution in [1.29, 1.82) is 0 Å². The van der Waals surface area contributed by atoms with E-state index in [1.165, 1.54) is 6.92 Å². The Hall–Kier alpha value is -2.45. The van der Waals surface area contributed by atoms with Gasteiger partial charge in [-0.05, 0) is 19.1 Å². The summed E-state index contributed by atoms with van der Waals surface area (Å²) in [4.78, 5) is 39.2. The fourth-order valence-electron chi connectivity index (χ4n) is 1.80. The molecular weight excluding hydrogens is 291 g/mol. The molecule has 0 aliphatic carbocycles. The minimum atomic E-state index is -4.55. The first-order valence-corrected chi connectivity index (χ1v) is 5.88. The van der Waals surface area contributed by atoms with E-state index in [4.69, 9.17) is 0 Å². The number of pyridine rings is 1. The monoisotopic (exact) mass is 301 g/mol. The Morgan fingerprint density at radius 3 is 2.57 bits per heavy atom. The summed E-state index contributed by atoms with van der Waals surface area (Å²) < 4.78 is 37.2. The van der Waals surface area contributed by atoms with Crippen molar-refractivity contribution in [3.8, 4) is 0 Å². The molecule has 1 aromatic heterocycles. The van der Waals surface area contributed by atoms with Gasteiger partial charge in [0.1, 0.15) is 18.3 Å². The van der Waals surface area contributed by atoms with Crippen molar-refractivity contribution in [3.63, 3.8) is 0 Å². The predicted molar refractivity (Wildman–Crippen MR) is 62.9 cm³/mol. The summed E-state index contributed by atoms with van der Waals surface area (Å²) in [6, 6.07) is 0.727. The van der Waals surface area contributed by atoms with Gasteiger partial charge < -0.3 is 4.90 Å². The number of carbonyl (C=O) groups is 3. The Labute approximate surface area is 116 Å². The zero-order valence-electron chi connectivity index (χ0n) is 10.8. The van der Waals surface area contributed by atoms with Crippen LogP contribution in [0.3, 0.4) is 0 Å². The topological polar surface area (TPSA) is 79.4 Å². The number of nitrogens with zero attached hydrogens (tertiary/aromatic N) is 2. The first-order chi connectivity index (χ1) is 9.70. The summed E-state index contributed by atoms with van der Waals surface area (Å²) >= 11 is 0. The molecule has 1 fully saturated rings. The molecule has 1 saturated heterocycles. The lowest BCUT2D eigenvalue weighted by atomic mass is 10.1. The molecule has 0 aromatic carbocycles. The molecule has 1 unspecified atom stereocenters. The molecule has 0 saturated carbocycles. The number of nitrogens with one attached hydrogen (secondary N) is 1. The van der Waals surface area contributed by atoms with E-state index in [1.54, 1.807) is 0 Å². The number of halogens is 3. The summed E-state index contributed by atoms with van der Waals surface area (Å²) in [6.07, 6.45) is -4.02. The lowest BCUT2D eigenvalue weighted by Crippen LogP contribution is -2.58. The number of imide groups is 1. The van der Waals surface area contributed by atoms with E-state index in [0.717, 1.165) is 17.0 Å². The molecule has 112 valence electrons. The van der Waals surface area contributed by atoms with Gasteiger partial charge in [0.15, 0.2) is 0 Å². The highest BCUT2D eigenvalue weighted by Crippen LogP contribution is 2.28. The molecule has 0 bridgehead atoms. The van der Waals surface area contributed by atoms with Gasteiger partial charge in [-0.1, -0.05) is 0 Å². The van der Waals surface area contributed by atoms with Crippen molar-refractivity contribution in [2.45, 2.75) is 19.1 Å². The van der Waals surface area contributed by atoms with Crippen molar-refractivity contribution < 1.29 is 27.6 Å². The van der Waals surface area contributed by atoms with Crippen LogP contribution in [0.2, 0.25) is 0 Å². The zero-order valence-corrected chi connectivity index (χ0v) is 10.8. The molecule has 0 radical (unpaired) electrons. The van der Waals surface area contributed by atoms with Crippen LogP contribution < -0.4 is 5.32 Å². The molecule has 2 rings (SSSR count). The number of carbonyl (C=O) groups excluding carboxylic acids is 3. The van der Waals surface area contributed by atoms with E-state index in [0.29, 0.717) is 6.20 Å². The Morgan fingerprint density at radius 1 is 1.38 bits per heavy atom. The van der Waals surface area contributed by atoms with Crippen LogP contribution in [-0.4, -0.2) is 40.2 Å². The zero-order chi connectivity index (χ0) is 15.8. The number of amides is 3. The van der Waals surface area contributed by atoms with Crippen molar-refractivity contribution in [2.24, 2.45) is 0 Å². The van der Waals surface area contributed by atoms with E-state index in [-0.39, 0.29) is 12.2 Å². The van der Waals surface area contributed by atoms with Gasteiger partial charge in [-0.25, -0.2) is 0 Å². The molecule has 6 nitrogen and oxygen atoms in total. The smallest absolute Gasteiger partial charge is 0.316 e. The lowest BCUT2D eigenvalue weighted by Gasteiger charge is -2.31. The van der Waals surface area contributed by atoms with Crippen LogP contribution in [0.1, 0.15) is 23.0 Å². The fourth-order valence-corrected chi connectivity index (χ4v) is 1.80. The van der Waals surface area contributed by atoms with Gasteiger partial charge in [-0.3, -0.25) is 24.7 Å². The van der Waals surface area contributed by atoms with Gasteiger partial charge in [-0.15, -0.1) is 0 Å². The van der Waals surface area contributed by atoms with E-state index in [2.05, 4.69) is 10.3 Å². The Bertz CT molecular complexity index is 598. The molecule has 1 aliphatic heterocycles. The maximum Gasteiger partial charge on any atom is 0.417 e. The molecule has 21 heavy (non-hydrogen) atoms. The van der Waals surface area contributed by atoms with Gasteiger partial charge in [0.25, 0.3) is 5.91 Å². The summed E-state index contributed by atoms with van der Waals surface area (Å²) in [5.41, 5.74) is -1.25. The molecule has 9 heteroatoms. The molecule has 0 spiro atoms. The van der Waals surface area contributed by atoms with E-state index < -0.39 is 35.5 Å². The summed E-state index contributed by atoms with van der Waals surface area (Å²) in [6.45, 7) is 1.05. The molecular formula is C12H10F3N3O3. The third-order valence-corrected chi connectivity index (χ3v) is 2.99.